The highest BCUT2D eigenvalue weighted by molar-refractivity contribution is 9.10. The normalized spacial score (nSPS) is 17.9. The molecule has 3 aromatic carbocycles. The SMILES string of the molecule is CC(C)(C)OC(=O)c1cccc(N(Cc2ccc(F)cc2)C(=O)CN2C(=O)O[C@@]3(CCc4cc(Br)ccc43)C2=O)c1. The molecule has 0 N–H and O–H groups in total. The Kier molecular flexibility index (Phi) is 7.46. The number of carbonyl (C=O) groups excluding carboxylic acids is 4. The number of imide groups is 1. The topological polar surface area (TPSA) is 93.2 Å². The van der Waals surface area contributed by atoms with E-state index in [0.717, 1.165) is 14.9 Å². The van der Waals surface area contributed by atoms with E-state index in [1.165, 1.54) is 35.2 Å². The summed E-state index contributed by atoms with van der Waals surface area (Å²) in [5.41, 5.74) is 0.480. The van der Waals surface area contributed by atoms with Crippen molar-refractivity contribution < 1.29 is 33.0 Å². The van der Waals surface area contributed by atoms with E-state index in [2.05, 4.69) is 15.9 Å². The molecule has 0 unspecified atom stereocenters. The van der Waals surface area contributed by atoms with Crippen molar-refractivity contribution in [1.29, 1.82) is 0 Å². The third-order valence-electron chi connectivity index (χ3n) is 6.96. The second kappa shape index (κ2) is 10.7. The number of carbonyl (C=O) groups is 4. The van der Waals surface area contributed by atoms with Crippen molar-refractivity contribution in [1.82, 2.24) is 4.90 Å². The number of fused-ring (bicyclic) bond motifs is 2. The first-order valence-corrected chi connectivity index (χ1v) is 13.9. The standard InChI is InChI=1S/C31H28BrFN2O6/c1-30(2,3)40-27(37)21-5-4-6-24(16-21)34(17-19-7-10-23(33)11-8-19)26(36)18-35-28(38)31(41-29(35)39)14-13-20-15-22(32)9-12-25(20)31/h4-12,15-16H,13-14,17-18H2,1-3H3/t31-/m1/s1. The molecule has 0 saturated carbocycles. The Morgan fingerprint density at radius 3 is 2.51 bits per heavy atom. The Labute approximate surface area is 245 Å². The summed E-state index contributed by atoms with van der Waals surface area (Å²) in [6.07, 6.45) is -0.0713. The number of amides is 3. The minimum absolute atomic E-state index is 0.00400. The van der Waals surface area contributed by atoms with E-state index < -0.39 is 47.4 Å². The van der Waals surface area contributed by atoms with E-state index in [4.69, 9.17) is 9.47 Å². The molecular weight excluding hydrogens is 595 g/mol. The maximum absolute atomic E-state index is 13.8. The number of benzene rings is 3. The van der Waals surface area contributed by atoms with Gasteiger partial charge in [-0.1, -0.05) is 40.2 Å². The van der Waals surface area contributed by atoms with Crippen LogP contribution < -0.4 is 4.90 Å². The smallest absolute Gasteiger partial charge is 0.418 e. The van der Waals surface area contributed by atoms with Crippen LogP contribution in [0, 0.1) is 5.82 Å². The Morgan fingerprint density at radius 1 is 1.07 bits per heavy atom. The van der Waals surface area contributed by atoms with Crippen LogP contribution in [0.15, 0.2) is 71.2 Å². The molecule has 5 rings (SSSR count). The van der Waals surface area contributed by atoms with Crippen LogP contribution in [-0.2, 0) is 37.6 Å². The van der Waals surface area contributed by atoms with E-state index >= 15 is 0 Å². The van der Waals surface area contributed by atoms with Gasteiger partial charge in [0.05, 0.1) is 12.1 Å². The molecule has 2 aliphatic rings. The molecule has 3 aromatic rings. The largest absolute Gasteiger partial charge is 0.456 e. The minimum Gasteiger partial charge on any atom is -0.456 e. The Morgan fingerprint density at radius 2 is 1.80 bits per heavy atom. The molecule has 1 aliphatic carbocycles. The number of esters is 1. The van der Waals surface area contributed by atoms with Gasteiger partial charge in [0.1, 0.15) is 18.0 Å². The first-order chi connectivity index (χ1) is 19.4. The summed E-state index contributed by atoms with van der Waals surface area (Å²) in [7, 11) is 0. The average molecular weight is 623 g/mol. The molecule has 212 valence electrons. The van der Waals surface area contributed by atoms with Gasteiger partial charge in [0.25, 0.3) is 5.91 Å². The highest BCUT2D eigenvalue weighted by Crippen LogP contribution is 2.46. The van der Waals surface area contributed by atoms with Gasteiger partial charge in [0.2, 0.25) is 11.5 Å². The van der Waals surface area contributed by atoms with Crippen LogP contribution in [0.25, 0.3) is 0 Å². The number of aryl methyl sites for hydroxylation is 1. The zero-order valence-corrected chi connectivity index (χ0v) is 24.4. The molecule has 1 saturated heterocycles. The average Bonchev–Trinajstić information content (AvgIpc) is 3.38. The summed E-state index contributed by atoms with van der Waals surface area (Å²) in [5, 5.41) is 0. The lowest BCUT2D eigenvalue weighted by Crippen LogP contribution is -2.44. The summed E-state index contributed by atoms with van der Waals surface area (Å²) < 4.78 is 25.6. The quantitative estimate of drug-likeness (QED) is 0.318. The van der Waals surface area contributed by atoms with Crippen molar-refractivity contribution >= 4 is 45.5 Å². The predicted molar refractivity (Wildman–Crippen MR) is 152 cm³/mol. The summed E-state index contributed by atoms with van der Waals surface area (Å²) in [6, 6.07) is 17.4. The van der Waals surface area contributed by atoms with Gasteiger partial charge in [0, 0.05) is 22.1 Å². The highest BCUT2D eigenvalue weighted by Gasteiger charge is 2.58. The van der Waals surface area contributed by atoms with Gasteiger partial charge in [-0.2, -0.15) is 0 Å². The van der Waals surface area contributed by atoms with Crippen molar-refractivity contribution in [2.24, 2.45) is 0 Å². The number of ether oxygens (including phenoxy) is 2. The molecule has 1 atom stereocenters. The summed E-state index contributed by atoms with van der Waals surface area (Å²) in [4.78, 5) is 55.3. The van der Waals surface area contributed by atoms with Gasteiger partial charge in [-0.05, 0) is 80.8 Å². The Bertz CT molecular complexity index is 1550. The molecule has 10 heteroatoms. The molecule has 3 amide bonds. The monoisotopic (exact) mass is 622 g/mol. The fourth-order valence-electron chi connectivity index (χ4n) is 5.08. The number of nitrogens with zero attached hydrogens (tertiary/aromatic N) is 2. The number of hydrogen-bond acceptors (Lipinski definition) is 6. The zero-order chi connectivity index (χ0) is 29.5. The lowest BCUT2D eigenvalue weighted by atomic mass is 9.95. The fraction of sp³-hybridized carbons (Fsp3) is 0.290. The molecule has 1 aliphatic heterocycles. The molecule has 41 heavy (non-hydrogen) atoms. The van der Waals surface area contributed by atoms with E-state index in [9.17, 15) is 23.6 Å². The number of halogens is 2. The Balaban J connectivity index is 1.44. The van der Waals surface area contributed by atoms with E-state index in [-0.39, 0.29) is 18.5 Å². The van der Waals surface area contributed by atoms with E-state index in [1.807, 2.05) is 6.07 Å². The molecule has 1 heterocycles. The van der Waals surface area contributed by atoms with Crippen molar-refractivity contribution in [2.75, 3.05) is 11.4 Å². The van der Waals surface area contributed by atoms with Crippen LogP contribution >= 0.6 is 15.9 Å². The first kappa shape index (κ1) is 28.5. The lowest BCUT2D eigenvalue weighted by molar-refractivity contribution is -0.139. The molecular formula is C31H28BrFN2O6. The van der Waals surface area contributed by atoms with Crippen LogP contribution in [0.3, 0.4) is 0 Å². The van der Waals surface area contributed by atoms with Gasteiger partial charge in [-0.25, -0.2) is 18.9 Å². The van der Waals surface area contributed by atoms with Crippen LogP contribution in [0.4, 0.5) is 14.9 Å². The van der Waals surface area contributed by atoms with E-state index in [1.54, 1.807) is 51.1 Å². The molecule has 0 aromatic heterocycles. The van der Waals surface area contributed by atoms with Crippen molar-refractivity contribution in [3.63, 3.8) is 0 Å². The molecule has 0 bridgehead atoms. The Hall–Kier alpha value is -4.05. The van der Waals surface area contributed by atoms with Gasteiger partial charge >= 0.3 is 12.1 Å². The minimum atomic E-state index is -1.47. The summed E-state index contributed by atoms with van der Waals surface area (Å²) >= 11 is 3.43. The lowest BCUT2D eigenvalue weighted by Gasteiger charge is -2.26. The van der Waals surface area contributed by atoms with Gasteiger partial charge in [-0.15, -0.1) is 0 Å². The van der Waals surface area contributed by atoms with Crippen molar-refractivity contribution in [2.45, 2.75) is 51.4 Å². The molecule has 1 fully saturated rings. The second-order valence-corrected chi connectivity index (χ2v) is 12.0. The second-order valence-electron chi connectivity index (χ2n) is 11.0. The number of anilines is 1. The van der Waals surface area contributed by atoms with Crippen LogP contribution in [0.5, 0.6) is 0 Å². The third-order valence-corrected chi connectivity index (χ3v) is 7.46. The van der Waals surface area contributed by atoms with Crippen LogP contribution in [0.2, 0.25) is 0 Å². The highest BCUT2D eigenvalue weighted by atomic mass is 79.9. The number of rotatable bonds is 6. The molecule has 0 radical (unpaired) electrons. The number of hydrogen-bond donors (Lipinski definition) is 0. The van der Waals surface area contributed by atoms with Gasteiger partial charge in [-0.3, -0.25) is 9.59 Å². The van der Waals surface area contributed by atoms with Gasteiger partial charge < -0.3 is 14.4 Å². The summed E-state index contributed by atoms with van der Waals surface area (Å²) in [6.45, 7) is 4.66. The van der Waals surface area contributed by atoms with Crippen molar-refractivity contribution in [3.05, 3.63) is 99.3 Å². The maximum atomic E-state index is 13.8. The molecule has 1 spiro atoms. The van der Waals surface area contributed by atoms with Crippen molar-refractivity contribution in [3.8, 4) is 0 Å². The first-order valence-electron chi connectivity index (χ1n) is 13.1. The van der Waals surface area contributed by atoms with E-state index in [0.29, 0.717) is 23.2 Å². The fourth-order valence-corrected chi connectivity index (χ4v) is 5.48. The summed E-state index contributed by atoms with van der Waals surface area (Å²) in [5.74, 6) is -2.19. The maximum Gasteiger partial charge on any atom is 0.418 e. The zero-order valence-electron chi connectivity index (χ0n) is 22.8. The molecule has 8 nitrogen and oxygen atoms in total. The van der Waals surface area contributed by atoms with Crippen LogP contribution in [0.1, 0.15) is 54.2 Å². The van der Waals surface area contributed by atoms with Gasteiger partial charge in [0.15, 0.2) is 0 Å². The third kappa shape index (κ3) is 5.74. The predicted octanol–water partition coefficient (Wildman–Crippen LogP) is 5.90. The van der Waals surface area contributed by atoms with Crippen LogP contribution in [-0.4, -0.2) is 40.9 Å².